The molecule has 2 aromatic carbocycles. The number of ether oxygens (including phenoxy) is 2. The monoisotopic (exact) mass is 442 g/mol. The summed E-state index contributed by atoms with van der Waals surface area (Å²) in [6.07, 6.45) is -4.91. The fourth-order valence-corrected chi connectivity index (χ4v) is 2.74. The van der Waals surface area contributed by atoms with Gasteiger partial charge in [-0.2, -0.15) is 13.2 Å². The number of halogens is 4. The van der Waals surface area contributed by atoms with Crippen molar-refractivity contribution in [2.75, 3.05) is 19.5 Å². The SMILES string of the molecule is COc1cc(OC)cc(C(=O)NC(C(=O)Nc2ccc(F)c(C(F)(F)F)c2)C(C)C)c1. The van der Waals surface area contributed by atoms with E-state index < -0.39 is 41.3 Å². The molecular weight excluding hydrogens is 420 g/mol. The molecule has 0 radical (unpaired) electrons. The molecule has 0 fully saturated rings. The molecule has 10 heteroatoms. The number of rotatable bonds is 7. The Morgan fingerprint density at radius 2 is 1.55 bits per heavy atom. The largest absolute Gasteiger partial charge is 0.497 e. The first-order chi connectivity index (χ1) is 14.5. The lowest BCUT2D eigenvalue weighted by molar-refractivity contribution is -0.140. The van der Waals surface area contributed by atoms with Crippen molar-refractivity contribution in [2.45, 2.75) is 26.1 Å². The second-order valence-corrected chi connectivity index (χ2v) is 6.98. The number of amides is 2. The Balaban J connectivity index is 2.23. The number of hydrogen-bond acceptors (Lipinski definition) is 4. The predicted octanol–water partition coefficient (Wildman–Crippen LogP) is 4.25. The fourth-order valence-electron chi connectivity index (χ4n) is 2.74. The molecule has 2 amide bonds. The van der Waals surface area contributed by atoms with E-state index in [1.54, 1.807) is 19.9 Å². The van der Waals surface area contributed by atoms with Crippen LogP contribution in [-0.4, -0.2) is 32.1 Å². The third kappa shape index (κ3) is 6.09. The summed E-state index contributed by atoms with van der Waals surface area (Å²) in [7, 11) is 2.83. The van der Waals surface area contributed by atoms with Gasteiger partial charge in [0.25, 0.3) is 5.91 Å². The number of alkyl halides is 3. The van der Waals surface area contributed by atoms with Crippen LogP contribution >= 0.6 is 0 Å². The van der Waals surface area contributed by atoms with Gasteiger partial charge in [0.1, 0.15) is 23.4 Å². The van der Waals surface area contributed by atoms with Crippen LogP contribution in [0.3, 0.4) is 0 Å². The minimum Gasteiger partial charge on any atom is -0.497 e. The number of nitrogens with one attached hydrogen (secondary N) is 2. The molecule has 0 aliphatic heterocycles. The normalized spacial score (nSPS) is 12.3. The number of hydrogen-bond donors (Lipinski definition) is 2. The van der Waals surface area contributed by atoms with Crippen LogP contribution in [0.2, 0.25) is 0 Å². The van der Waals surface area contributed by atoms with Crippen molar-refractivity contribution in [3.8, 4) is 11.5 Å². The van der Waals surface area contributed by atoms with Crippen LogP contribution in [0.1, 0.15) is 29.8 Å². The highest BCUT2D eigenvalue weighted by atomic mass is 19.4. The van der Waals surface area contributed by atoms with Crippen molar-refractivity contribution < 1.29 is 36.6 Å². The smallest absolute Gasteiger partial charge is 0.419 e. The van der Waals surface area contributed by atoms with E-state index in [0.29, 0.717) is 23.6 Å². The van der Waals surface area contributed by atoms with E-state index in [4.69, 9.17) is 9.47 Å². The standard InChI is InChI=1S/C21H22F4N2O4/c1-11(2)18(27-19(28)12-7-14(30-3)10-15(8-12)31-4)20(29)26-13-5-6-17(22)16(9-13)21(23,24)25/h5-11,18H,1-4H3,(H,26,29)(H,27,28). The van der Waals surface area contributed by atoms with E-state index in [-0.39, 0.29) is 11.3 Å². The zero-order valence-electron chi connectivity index (χ0n) is 17.3. The molecule has 0 saturated carbocycles. The summed E-state index contributed by atoms with van der Waals surface area (Å²) in [5, 5.41) is 4.85. The molecule has 2 N–H and O–H groups in total. The lowest BCUT2D eigenvalue weighted by Crippen LogP contribution is -2.47. The minimum absolute atomic E-state index is 0.163. The molecule has 0 heterocycles. The predicted molar refractivity (Wildman–Crippen MR) is 106 cm³/mol. The quantitative estimate of drug-likeness (QED) is 0.629. The molecule has 1 unspecified atom stereocenters. The van der Waals surface area contributed by atoms with Crippen LogP contribution in [-0.2, 0) is 11.0 Å². The maximum atomic E-state index is 13.5. The molecule has 6 nitrogen and oxygen atoms in total. The van der Waals surface area contributed by atoms with Gasteiger partial charge in [-0.25, -0.2) is 4.39 Å². The Labute approximate surface area is 176 Å². The molecule has 0 aliphatic rings. The van der Waals surface area contributed by atoms with Gasteiger partial charge in [0.15, 0.2) is 0 Å². The molecule has 31 heavy (non-hydrogen) atoms. The number of anilines is 1. The molecule has 1 atom stereocenters. The van der Waals surface area contributed by atoms with Gasteiger partial charge in [-0.1, -0.05) is 13.8 Å². The highest BCUT2D eigenvalue weighted by Crippen LogP contribution is 2.33. The van der Waals surface area contributed by atoms with Gasteiger partial charge >= 0.3 is 6.18 Å². The van der Waals surface area contributed by atoms with E-state index in [2.05, 4.69) is 10.6 Å². The van der Waals surface area contributed by atoms with E-state index in [1.807, 2.05) is 0 Å². The summed E-state index contributed by atoms with van der Waals surface area (Å²) in [4.78, 5) is 25.3. The van der Waals surface area contributed by atoms with Crippen LogP contribution in [0.25, 0.3) is 0 Å². The Bertz CT molecular complexity index is 939. The number of methoxy groups -OCH3 is 2. The molecule has 168 valence electrons. The summed E-state index contributed by atoms with van der Waals surface area (Å²) in [6, 6.07) is 5.50. The third-order valence-electron chi connectivity index (χ3n) is 4.39. The summed E-state index contributed by atoms with van der Waals surface area (Å²) in [5.41, 5.74) is -1.59. The molecule has 0 bridgehead atoms. The third-order valence-corrected chi connectivity index (χ3v) is 4.39. The Morgan fingerprint density at radius 3 is 2.03 bits per heavy atom. The Kier molecular flexibility index (Phi) is 7.48. The molecule has 0 saturated heterocycles. The van der Waals surface area contributed by atoms with E-state index in [9.17, 15) is 27.2 Å². The van der Waals surface area contributed by atoms with Crippen molar-refractivity contribution in [1.82, 2.24) is 5.32 Å². The second-order valence-electron chi connectivity index (χ2n) is 6.98. The zero-order chi connectivity index (χ0) is 23.3. The Hall–Kier alpha value is -3.30. The summed E-state index contributed by atoms with van der Waals surface area (Å²) < 4.78 is 62.4. The average Bonchev–Trinajstić information content (AvgIpc) is 2.71. The lowest BCUT2D eigenvalue weighted by atomic mass is 10.0. The second kappa shape index (κ2) is 9.67. The summed E-state index contributed by atoms with van der Waals surface area (Å²) >= 11 is 0. The van der Waals surface area contributed by atoms with Gasteiger partial charge in [0.2, 0.25) is 5.91 Å². The molecule has 0 aliphatic carbocycles. The molecular formula is C21H22F4N2O4. The van der Waals surface area contributed by atoms with Crippen LogP contribution in [0, 0.1) is 11.7 Å². The molecule has 2 rings (SSSR count). The fraction of sp³-hybridized carbons (Fsp3) is 0.333. The van der Waals surface area contributed by atoms with Crippen molar-refractivity contribution in [1.29, 1.82) is 0 Å². The zero-order valence-corrected chi connectivity index (χ0v) is 17.3. The van der Waals surface area contributed by atoms with Gasteiger partial charge in [-0.3, -0.25) is 9.59 Å². The topological polar surface area (TPSA) is 76.7 Å². The van der Waals surface area contributed by atoms with E-state index in [1.165, 1.54) is 26.4 Å². The highest BCUT2D eigenvalue weighted by molar-refractivity contribution is 6.01. The first-order valence-electron chi connectivity index (χ1n) is 9.17. The van der Waals surface area contributed by atoms with Gasteiger partial charge in [0, 0.05) is 17.3 Å². The first-order valence-corrected chi connectivity index (χ1v) is 9.17. The highest BCUT2D eigenvalue weighted by Gasteiger charge is 2.34. The summed E-state index contributed by atoms with van der Waals surface area (Å²) in [5.74, 6) is -2.49. The van der Waals surface area contributed by atoms with E-state index in [0.717, 1.165) is 6.07 Å². The first kappa shape index (κ1) is 24.0. The number of carbonyl (C=O) groups is 2. The van der Waals surface area contributed by atoms with Crippen molar-refractivity contribution in [3.05, 3.63) is 53.3 Å². The van der Waals surface area contributed by atoms with Crippen molar-refractivity contribution in [2.24, 2.45) is 5.92 Å². The van der Waals surface area contributed by atoms with Crippen LogP contribution in [0.5, 0.6) is 11.5 Å². The Morgan fingerprint density at radius 1 is 0.968 bits per heavy atom. The lowest BCUT2D eigenvalue weighted by Gasteiger charge is -2.22. The van der Waals surface area contributed by atoms with Crippen molar-refractivity contribution in [3.63, 3.8) is 0 Å². The average molecular weight is 442 g/mol. The van der Waals surface area contributed by atoms with Gasteiger partial charge in [-0.15, -0.1) is 0 Å². The minimum atomic E-state index is -4.91. The van der Waals surface area contributed by atoms with Gasteiger partial charge in [-0.05, 0) is 36.2 Å². The van der Waals surface area contributed by atoms with Gasteiger partial charge in [0.05, 0.1) is 19.8 Å². The van der Waals surface area contributed by atoms with Crippen LogP contribution in [0.15, 0.2) is 36.4 Å². The maximum absolute atomic E-state index is 13.5. The number of benzene rings is 2. The summed E-state index contributed by atoms with van der Waals surface area (Å²) in [6.45, 7) is 3.31. The molecule has 2 aromatic rings. The molecule has 0 aromatic heterocycles. The van der Waals surface area contributed by atoms with Crippen molar-refractivity contribution >= 4 is 17.5 Å². The van der Waals surface area contributed by atoms with E-state index >= 15 is 0 Å². The van der Waals surface area contributed by atoms with Crippen LogP contribution < -0.4 is 20.1 Å². The number of carbonyl (C=O) groups excluding carboxylic acids is 2. The van der Waals surface area contributed by atoms with Gasteiger partial charge < -0.3 is 20.1 Å². The van der Waals surface area contributed by atoms with Crippen LogP contribution in [0.4, 0.5) is 23.2 Å². The maximum Gasteiger partial charge on any atom is 0.419 e. The molecule has 0 spiro atoms.